The summed E-state index contributed by atoms with van der Waals surface area (Å²) in [5.41, 5.74) is 1.31. The van der Waals surface area contributed by atoms with Crippen molar-refractivity contribution in [3.05, 3.63) is 35.4 Å². The van der Waals surface area contributed by atoms with E-state index >= 15 is 0 Å². The molecule has 0 unspecified atom stereocenters. The number of benzene rings is 1. The van der Waals surface area contributed by atoms with Gasteiger partial charge in [0.15, 0.2) is 6.61 Å². The van der Waals surface area contributed by atoms with Crippen molar-refractivity contribution in [2.24, 2.45) is 5.92 Å². The van der Waals surface area contributed by atoms with Gasteiger partial charge in [-0.05, 0) is 43.7 Å². The third kappa shape index (κ3) is 3.48. The molecular weight excluding hydrogens is 330 g/mol. The summed E-state index contributed by atoms with van der Waals surface area (Å²) in [6.45, 7) is 0.788. The number of ether oxygens (including phenoxy) is 2. The summed E-state index contributed by atoms with van der Waals surface area (Å²) >= 11 is 0. The number of hydrogen-bond donors (Lipinski definition) is 0. The topological polar surface area (TPSA) is 55.8 Å². The average molecular weight is 355 g/mol. The highest BCUT2D eigenvalue weighted by atomic mass is 16.5. The molecule has 1 aromatic rings. The lowest BCUT2D eigenvalue weighted by Crippen LogP contribution is -2.50. The maximum Gasteiger partial charge on any atom is 0.338 e. The fraction of sp³-hybridized carbons (Fsp3) is 0.524. The lowest BCUT2D eigenvalue weighted by atomic mass is 9.78. The lowest BCUT2D eigenvalue weighted by Gasteiger charge is -2.44. The van der Waals surface area contributed by atoms with Crippen LogP contribution in [0.4, 0.5) is 0 Å². The second-order valence-electron chi connectivity index (χ2n) is 7.41. The zero-order valence-corrected chi connectivity index (χ0v) is 15.0. The van der Waals surface area contributed by atoms with E-state index in [1.54, 1.807) is 6.08 Å². The first-order chi connectivity index (χ1) is 12.7. The number of nitrogens with zero attached hydrogens (tertiary/aromatic N) is 1. The zero-order chi connectivity index (χ0) is 17.9. The third-order valence-electron chi connectivity index (χ3n) is 5.78. The van der Waals surface area contributed by atoms with E-state index in [-0.39, 0.29) is 19.1 Å². The standard InChI is InChI=1S/C21H25NO4/c23-20(22-11-5-8-15-6-1-3-9-18(15)22)14-26-21(24)17-12-16-7-2-4-10-19(16)25-13-17/h2,4,7,10,12,15,18H,1,3,5-6,8-9,11,13-14H2/t15-,18+/m0/s1. The number of rotatable bonds is 3. The minimum atomic E-state index is -0.468. The van der Waals surface area contributed by atoms with Gasteiger partial charge in [-0.1, -0.05) is 31.0 Å². The largest absolute Gasteiger partial charge is 0.488 e. The molecule has 4 rings (SSSR count). The Morgan fingerprint density at radius 1 is 1.12 bits per heavy atom. The van der Waals surface area contributed by atoms with E-state index in [1.165, 1.54) is 25.7 Å². The minimum absolute atomic E-state index is 0.0623. The monoisotopic (exact) mass is 355 g/mol. The van der Waals surface area contributed by atoms with Gasteiger partial charge in [0, 0.05) is 18.2 Å². The van der Waals surface area contributed by atoms with Crippen LogP contribution in [-0.4, -0.2) is 42.6 Å². The van der Waals surface area contributed by atoms with E-state index in [9.17, 15) is 9.59 Å². The SMILES string of the molecule is O=C(OCC(=O)N1CCC[C@@H]2CCCC[C@H]21)C1=Cc2ccccc2OC1. The van der Waals surface area contributed by atoms with Crippen molar-refractivity contribution in [3.63, 3.8) is 0 Å². The fourth-order valence-corrected chi connectivity index (χ4v) is 4.47. The van der Waals surface area contributed by atoms with Crippen molar-refractivity contribution < 1.29 is 19.1 Å². The summed E-state index contributed by atoms with van der Waals surface area (Å²) in [4.78, 5) is 26.9. The van der Waals surface area contributed by atoms with Crippen molar-refractivity contribution in [2.75, 3.05) is 19.8 Å². The molecule has 2 heterocycles. The number of carbonyl (C=O) groups excluding carboxylic acids is 2. The van der Waals surface area contributed by atoms with Crippen LogP contribution in [0.2, 0.25) is 0 Å². The Bertz CT molecular complexity index is 724. The first-order valence-electron chi connectivity index (χ1n) is 9.61. The molecule has 1 aliphatic carbocycles. The molecule has 2 fully saturated rings. The zero-order valence-electron chi connectivity index (χ0n) is 15.0. The first-order valence-corrected chi connectivity index (χ1v) is 9.61. The summed E-state index contributed by atoms with van der Waals surface area (Å²) in [7, 11) is 0. The van der Waals surface area contributed by atoms with Gasteiger partial charge in [0.05, 0.1) is 5.57 Å². The summed E-state index contributed by atoms with van der Waals surface area (Å²) in [6.07, 6.45) is 8.82. The molecule has 0 aromatic heterocycles. The molecule has 0 bridgehead atoms. The second kappa shape index (κ2) is 7.52. The molecular formula is C21H25NO4. The molecule has 0 radical (unpaired) electrons. The van der Waals surface area contributed by atoms with Crippen molar-refractivity contribution in [3.8, 4) is 5.75 Å². The maximum absolute atomic E-state index is 12.6. The Morgan fingerprint density at radius 2 is 1.92 bits per heavy atom. The van der Waals surface area contributed by atoms with Gasteiger partial charge in [-0.25, -0.2) is 4.79 Å². The van der Waals surface area contributed by atoms with Crippen LogP contribution in [0.1, 0.15) is 44.1 Å². The highest BCUT2D eigenvalue weighted by Crippen LogP contribution is 2.35. The molecule has 1 amide bonds. The molecule has 0 N–H and O–H groups in total. The molecule has 1 saturated carbocycles. The predicted molar refractivity (Wildman–Crippen MR) is 97.6 cm³/mol. The number of esters is 1. The Hall–Kier alpha value is -2.30. The number of piperidine rings is 1. The maximum atomic E-state index is 12.6. The average Bonchev–Trinajstić information content (AvgIpc) is 2.71. The van der Waals surface area contributed by atoms with Gasteiger partial charge in [-0.3, -0.25) is 4.79 Å². The normalized spacial score (nSPS) is 24.6. The van der Waals surface area contributed by atoms with Crippen LogP contribution in [0.5, 0.6) is 5.75 Å². The molecule has 1 aromatic carbocycles. The summed E-state index contributed by atoms with van der Waals surface area (Å²) in [5.74, 6) is 0.859. The summed E-state index contributed by atoms with van der Waals surface area (Å²) in [6, 6.07) is 7.89. The van der Waals surface area contributed by atoms with Crippen molar-refractivity contribution in [1.29, 1.82) is 0 Å². The smallest absolute Gasteiger partial charge is 0.338 e. The van der Waals surface area contributed by atoms with Crippen LogP contribution in [-0.2, 0) is 14.3 Å². The van der Waals surface area contributed by atoms with E-state index in [0.717, 1.165) is 30.7 Å². The van der Waals surface area contributed by atoms with E-state index in [0.29, 0.717) is 17.5 Å². The molecule has 2 atom stereocenters. The van der Waals surface area contributed by atoms with E-state index in [1.807, 2.05) is 29.2 Å². The fourth-order valence-electron chi connectivity index (χ4n) is 4.47. The highest BCUT2D eigenvalue weighted by Gasteiger charge is 2.36. The molecule has 5 nitrogen and oxygen atoms in total. The van der Waals surface area contributed by atoms with Crippen molar-refractivity contribution >= 4 is 18.0 Å². The Labute approximate surface area is 154 Å². The van der Waals surface area contributed by atoms with Crippen LogP contribution in [0.3, 0.4) is 0 Å². The number of amides is 1. The molecule has 0 spiro atoms. The van der Waals surface area contributed by atoms with E-state index in [2.05, 4.69) is 0 Å². The Kier molecular flexibility index (Phi) is 4.96. The first kappa shape index (κ1) is 17.1. The molecule has 2 aliphatic heterocycles. The lowest BCUT2D eigenvalue weighted by molar-refractivity contribution is -0.152. The number of fused-ring (bicyclic) bond motifs is 2. The molecule has 3 aliphatic rings. The van der Waals surface area contributed by atoms with Gasteiger partial charge in [0.25, 0.3) is 5.91 Å². The molecule has 138 valence electrons. The van der Waals surface area contributed by atoms with Crippen LogP contribution in [0, 0.1) is 5.92 Å². The van der Waals surface area contributed by atoms with Gasteiger partial charge in [-0.15, -0.1) is 0 Å². The molecule has 26 heavy (non-hydrogen) atoms. The van der Waals surface area contributed by atoms with E-state index in [4.69, 9.17) is 9.47 Å². The number of hydrogen-bond acceptors (Lipinski definition) is 4. The number of likely N-dealkylation sites (tertiary alicyclic amines) is 1. The Balaban J connectivity index is 1.36. The molecule has 5 heteroatoms. The summed E-state index contributed by atoms with van der Waals surface area (Å²) in [5, 5.41) is 0. The van der Waals surface area contributed by atoms with Crippen LogP contribution in [0.15, 0.2) is 29.8 Å². The third-order valence-corrected chi connectivity index (χ3v) is 5.78. The van der Waals surface area contributed by atoms with Gasteiger partial charge < -0.3 is 14.4 Å². The second-order valence-corrected chi connectivity index (χ2v) is 7.41. The highest BCUT2D eigenvalue weighted by molar-refractivity contribution is 5.96. The summed E-state index contributed by atoms with van der Waals surface area (Å²) < 4.78 is 10.9. The van der Waals surface area contributed by atoms with Crippen LogP contribution < -0.4 is 4.74 Å². The van der Waals surface area contributed by atoms with Gasteiger partial charge in [0.1, 0.15) is 12.4 Å². The van der Waals surface area contributed by atoms with Crippen molar-refractivity contribution in [2.45, 2.75) is 44.6 Å². The van der Waals surface area contributed by atoms with Gasteiger partial charge in [-0.2, -0.15) is 0 Å². The number of carbonyl (C=O) groups is 2. The Morgan fingerprint density at radius 3 is 2.85 bits per heavy atom. The molecule has 1 saturated heterocycles. The quantitative estimate of drug-likeness (QED) is 0.782. The minimum Gasteiger partial charge on any atom is -0.488 e. The van der Waals surface area contributed by atoms with Crippen LogP contribution in [0.25, 0.3) is 6.08 Å². The van der Waals surface area contributed by atoms with Gasteiger partial charge >= 0.3 is 5.97 Å². The predicted octanol–water partition coefficient (Wildman–Crippen LogP) is 3.19. The van der Waals surface area contributed by atoms with Crippen molar-refractivity contribution in [1.82, 2.24) is 4.90 Å². The van der Waals surface area contributed by atoms with E-state index < -0.39 is 5.97 Å². The van der Waals surface area contributed by atoms with Crippen LogP contribution >= 0.6 is 0 Å². The van der Waals surface area contributed by atoms with Gasteiger partial charge in [0.2, 0.25) is 0 Å². The number of para-hydroxylation sites is 1.